The molecule has 92 valence electrons. The summed E-state index contributed by atoms with van der Waals surface area (Å²) in [4.78, 5) is 4.57. The van der Waals surface area contributed by atoms with Crippen molar-refractivity contribution in [1.29, 1.82) is 0 Å². The van der Waals surface area contributed by atoms with Crippen LogP contribution in [0.4, 0.5) is 0 Å². The Morgan fingerprint density at radius 2 is 1.65 bits per heavy atom. The van der Waals surface area contributed by atoms with Crippen LogP contribution in [0.3, 0.4) is 0 Å². The third-order valence-electron chi connectivity index (χ3n) is 2.73. The Hall–Kier alpha value is -1.41. The summed E-state index contributed by atoms with van der Waals surface area (Å²) in [5.74, 6) is 0. The number of hydrogen-bond donors (Lipinski definition) is 1. The third kappa shape index (κ3) is 2.83. The van der Waals surface area contributed by atoms with Gasteiger partial charge in [0.2, 0.25) is 0 Å². The third-order valence-corrected chi connectivity index (χ3v) is 2.73. The number of rotatable bonds is 1. The van der Waals surface area contributed by atoms with Crippen LogP contribution in [-0.4, -0.2) is 4.98 Å². The highest BCUT2D eigenvalue weighted by molar-refractivity contribution is 5.85. The lowest BCUT2D eigenvalue weighted by molar-refractivity contribution is 1.07. The van der Waals surface area contributed by atoms with Crippen molar-refractivity contribution in [2.75, 3.05) is 0 Å². The Morgan fingerprint density at radius 1 is 1.00 bits per heavy atom. The van der Waals surface area contributed by atoms with Gasteiger partial charge in [-0.25, -0.2) is 0 Å². The normalized spacial score (nSPS) is 10.0. The Labute approximate surface area is 104 Å². The lowest BCUT2D eigenvalue weighted by Crippen LogP contribution is -1.98. The molecule has 0 aliphatic carbocycles. The molecule has 1 aromatic carbocycles. The van der Waals surface area contributed by atoms with Crippen molar-refractivity contribution in [3.05, 3.63) is 40.6 Å². The number of nitrogens with two attached hydrogens (primary N) is 1. The van der Waals surface area contributed by atoms with Gasteiger partial charge in [0.1, 0.15) is 0 Å². The molecule has 0 bridgehead atoms. The molecule has 0 fully saturated rings. The summed E-state index contributed by atoms with van der Waals surface area (Å²) in [6.45, 7) is 10.8. The van der Waals surface area contributed by atoms with Gasteiger partial charge in [-0.15, -0.1) is 0 Å². The standard InChI is InChI=1S/C13H16N2.C2H6/c1-8-4-10(3)15-13-9(2)5-11(7-14)6-12(8)13;1-2/h4-6H,7,14H2,1-3H3;1-2H3. The fourth-order valence-corrected chi connectivity index (χ4v) is 2.02. The van der Waals surface area contributed by atoms with Gasteiger partial charge in [0.15, 0.2) is 0 Å². The molecular formula is C15H22N2. The number of benzene rings is 1. The molecule has 2 rings (SSSR count). The number of nitrogens with zero attached hydrogens (tertiary/aromatic N) is 1. The van der Waals surface area contributed by atoms with Gasteiger partial charge in [0.05, 0.1) is 5.52 Å². The van der Waals surface area contributed by atoms with E-state index in [4.69, 9.17) is 5.73 Å². The minimum absolute atomic E-state index is 0.587. The minimum Gasteiger partial charge on any atom is -0.326 e. The summed E-state index contributed by atoms with van der Waals surface area (Å²) < 4.78 is 0. The van der Waals surface area contributed by atoms with E-state index >= 15 is 0 Å². The zero-order valence-electron chi connectivity index (χ0n) is 11.5. The van der Waals surface area contributed by atoms with Crippen LogP contribution in [0, 0.1) is 20.8 Å². The molecule has 2 N–H and O–H groups in total. The summed E-state index contributed by atoms with van der Waals surface area (Å²) in [6, 6.07) is 6.38. The Bertz CT molecular complexity index is 516. The average molecular weight is 230 g/mol. The SMILES string of the molecule is CC.Cc1cc(C)c2cc(CN)cc(C)c2n1. The first-order chi connectivity index (χ1) is 8.11. The molecule has 0 spiro atoms. The molecule has 17 heavy (non-hydrogen) atoms. The van der Waals surface area contributed by atoms with Crippen molar-refractivity contribution >= 4 is 10.9 Å². The molecule has 0 radical (unpaired) electrons. The maximum atomic E-state index is 5.67. The van der Waals surface area contributed by atoms with Crippen LogP contribution in [0.2, 0.25) is 0 Å². The van der Waals surface area contributed by atoms with Gasteiger partial charge in [0.25, 0.3) is 0 Å². The largest absolute Gasteiger partial charge is 0.326 e. The summed E-state index contributed by atoms with van der Waals surface area (Å²) in [5.41, 5.74) is 11.5. The molecule has 0 unspecified atom stereocenters. The Kier molecular flexibility index (Phi) is 4.64. The first-order valence-electron chi connectivity index (χ1n) is 6.19. The van der Waals surface area contributed by atoms with E-state index in [1.807, 2.05) is 20.8 Å². The fraction of sp³-hybridized carbons (Fsp3) is 0.400. The summed E-state index contributed by atoms with van der Waals surface area (Å²) in [7, 11) is 0. The smallest absolute Gasteiger partial charge is 0.0737 e. The van der Waals surface area contributed by atoms with Crippen LogP contribution in [0.25, 0.3) is 10.9 Å². The van der Waals surface area contributed by atoms with Crippen molar-refractivity contribution < 1.29 is 0 Å². The van der Waals surface area contributed by atoms with Gasteiger partial charge >= 0.3 is 0 Å². The van der Waals surface area contributed by atoms with Crippen molar-refractivity contribution in [2.45, 2.75) is 41.2 Å². The van der Waals surface area contributed by atoms with Crippen LogP contribution in [0.15, 0.2) is 18.2 Å². The Morgan fingerprint density at radius 3 is 2.24 bits per heavy atom. The summed E-state index contributed by atoms with van der Waals surface area (Å²) >= 11 is 0. The second-order valence-corrected chi connectivity index (χ2v) is 4.09. The van der Waals surface area contributed by atoms with Crippen molar-refractivity contribution in [1.82, 2.24) is 4.98 Å². The van der Waals surface area contributed by atoms with Crippen LogP contribution < -0.4 is 5.73 Å². The van der Waals surface area contributed by atoms with Gasteiger partial charge in [-0.3, -0.25) is 4.98 Å². The average Bonchev–Trinajstić information content (AvgIpc) is 2.33. The van der Waals surface area contributed by atoms with Crippen LogP contribution in [0.5, 0.6) is 0 Å². The number of pyridine rings is 1. The van der Waals surface area contributed by atoms with E-state index in [2.05, 4.69) is 37.0 Å². The van der Waals surface area contributed by atoms with Crippen LogP contribution in [0.1, 0.15) is 36.2 Å². The van der Waals surface area contributed by atoms with Gasteiger partial charge in [-0.2, -0.15) is 0 Å². The molecule has 1 aromatic heterocycles. The molecule has 2 aromatic rings. The molecule has 1 heterocycles. The summed E-state index contributed by atoms with van der Waals surface area (Å²) in [5, 5.41) is 1.22. The molecule has 2 nitrogen and oxygen atoms in total. The first-order valence-corrected chi connectivity index (χ1v) is 6.19. The highest BCUT2D eigenvalue weighted by Crippen LogP contribution is 2.22. The lowest BCUT2D eigenvalue weighted by Gasteiger charge is -2.08. The number of aryl methyl sites for hydroxylation is 3. The number of hydrogen-bond acceptors (Lipinski definition) is 2. The minimum atomic E-state index is 0.587. The molecule has 0 aliphatic heterocycles. The predicted molar refractivity (Wildman–Crippen MR) is 75.2 cm³/mol. The van der Waals surface area contributed by atoms with Crippen LogP contribution in [-0.2, 0) is 6.54 Å². The quantitative estimate of drug-likeness (QED) is 0.812. The zero-order valence-corrected chi connectivity index (χ0v) is 11.5. The summed E-state index contributed by atoms with van der Waals surface area (Å²) in [6.07, 6.45) is 0. The van der Waals surface area contributed by atoms with E-state index in [1.54, 1.807) is 0 Å². The highest BCUT2D eigenvalue weighted by atomic mass is 14.7. The van der Waals surface area contributed by atoms with E-state index in [9.17, 15) is 0 Å². The van der Waals surface area contributed by atoms with Crippen molar-refractivity contribution in [2.24, 2.45) is 5.73 Å². The van der Waals surface area contributed by atoms with Gasteiger partial charge in [-0.05, 0) is 49.6 Å². The molecule has 2 heteroatoms. The van der Waals surface area contributed by atoms with Crippen LogP contribution >= 0.6 is 0 Å². The highest BCUT2D eigenvalue weighted by Gasteiger charge is 2.04. The van der Waals surface area contributed by atoms with Gasteiger partial charge in [0, 0.05) is 17.6 Å². The molecule has 0 aliphatic rings. The monoisotopic (exact) mass is 230 g/mol. The van der Waals surface area contributed by atoms with E-state index in [1.165, 1.54) is 22.1 Å². The second kappa shape index (κ2) is 5.78. The van der Waals surface area contributed by atoms with E-state index < -0.39 is 0 Å². The molecule has 0 amide bonds. The fourth-order valence-electron chi connectivity index (χ4n) is 2.02. The maximum Gasteiger partial charge on any atom is 0.0737 e. The predicted octanol–water partition coefficient (Wildman–Crippen LogP) is 3.64. The molecule has 0 atom stereocenters. The maximum absolute atomic E-state index is 5.67. The zero-order chi connectivity index (χ0) is 13.0. The lowest BCUT2D eigenvalue weighted by atomic mass is 10.0. The van der Waals surface area contributed by atoms with E-state index in [0.29, 0.717) is 6.54 Å². The van der Waals surface area contributed by atoms with Crippen molar-refractivity contribution in [3.8, 4) is 0 Å². The van der Waals surface area contributed by atoms with Crippen molar-refractivity contribution in [3.63, 3.8) is 0 Å². The number of fused-ring (bicyclic) bond motifs is 1. The molecule has 0 saturated heterocycles. The van der Waals surface area contributed by atoms with Gasteiger partial charge in [-0.1, -0.05) is 19.9 Å². The van der Waals surface area contributed by atoms with Gasteiger partial charge < -0.3 is 5.73 Å². The first kappa shape index (κ1) is 13.7. The second-order valence-electron chi connectivity index (χ2n) is 4.09. The Balaban J connectivity index is 0.000000686. The molecule has 0 saturated carbocycles. The topological polar surface area (TPSA) is 38.9 Å². The van der Waals surface area contributed by atoms with E-state index in [0.717, 1.165) is 11.2 Å². The number of aromatic nitrogens is 1. The van der Waals surface area contributed by atoms with E-state index in [-0.39, 0.29) is 0 Å². The molecular weight excluding hydrogens is 208 g/mol.